The molecule has 2 atom stereocenters. The van der Waals surface area contributed by atoms with E-state index >= 15 is 0 Å². The number of nitrogens with zero attached hydrogens (tertiary/aromatic N) is 1. The molecule has 2 aliphatic rings. The van der Waals surface area contributed by atoms with Crippen LogP contribution in [0.2, 0.25) is 0 Å². The van der Waals surface area contributed by atoms with Gasteiger partial charge in [-0.15, -0.1) is 12.4 Å². The summed E-state index contributed by atoms with van der Waals surface area (Å²) in [6, 6.07) is -0.952. The molecule has 0 bridgehead atoms. The fourth-order valence-electron chi connectivity index (χ4n) is 2.73. The maximum Gasteiger partial charge on any atom is 0.335 e. The number of carboxylic acid groups (broad SMARTS) is 1. The summed E-state index contributed by atoms with van der Waals surface area (Å²) in [5.41, 5.74) is -1.28. The first kappa shape index (κ1) is 17.6. The van der Waals surface area contributed by atoms with E-state index in [2.05, 4.69) is 5.32 Å². The average Bonchev–Trinajstić information content (AvgIpc) is 2.81. The predicted molar refractivity (Wildman–Crippen MR) is 71.6 cm³/mol. The zero-order chi connectivity index (χ0) is 14.3. The molecule has 0 aliphatic carbocycles. The van der Waals surface area contributed by atoms with Gasteiger partial charge in [-0.1, -0.05) is 0 Å². The van der Waals surface area contributed by atoms with E-state index in [4.69, 9.17) is 9.84 Å². The van der Waals surface area contributed by atoms with Crippen LogP contribution in [-0.2, 0) is 9.53 Å². The Bertz CT molecular complexity index is 369. The summed E-state index contributed by atoms with van der Waals surface area (Å²) in [7, 11) is 0. The second kappa shape index (κ2) is 6.09. The van der Waals surface area contributed by atoms with Crippen LogP contribution in [0.1, 0.15) is 20.3 Å². The molecule has 0 saturated carbocycles. The van der Waals surface area contributed by atoms with E-state index in [-0.39, 0.29) is 31.6 Å². The van der Waals surface area contributed by atoms with Crippen molar-refractivity contribution in [2.24, 2.45) is 0 Å². The molecule has 0 unspecified atom stereocenters. The molecule has 20 heavy (non-hydrogen) atoms. The number of ether oxygens (including phenoxy) is 1. The molecule has 0 aromatic heterocycles. The molecule has 5 nitrogen and oxygen atoms in total. The van der Waals surface area contributed by atoms with Gasteiger partial charge in [-0.3, -0.25) is 4.90 Å². The van der Waals surface area contributed by atoms with Crippen molar-refractivity contribution in [1.82, 2.24) is 10.2 Å². The van der Waals surface area contributed by atoms with Gasteiger partial charge in [-0.2, -0.15) is 0 Å². The summed E-state index contributed by atoms with van der Waals surface area (Å²) in [6.45, 7) is 3.69. The third kappa shape index (κ3) is 3.39. The largest absolute Gasteiger partial charge is 0.479 e. The monoisotopic (exact) mass is 314 g/mol. The van der Waals surface area contributed by atoms with E-state index in [0.29, 0.717) is 19.5 Å². The molecule has 0 aromatic rings. The molecule has 0 radical (unpaired) electrons. The van der Waals surface area contributed by atoms with Gasteiger partial charge >= 0.3 is 5.97 Å². The quantitative estimate of drug-likeness (QED) is 0.792. The van der Waals surface area contributed by atoms with E-state index in [0.717, 1.165) is 0 Å². The van der Waals surface area contributed by atoms with Crippen LogP contribution in [0.4, 0.5) is 8.78 Å². The highest BCUT2D eigenvalue weighted by molar-refractivity contribution is 5.85. The van der Waals surface area contributed by atoms with Crippen molar-refractivity contribution in [3.63, 3.8) is 0 Å². The number of fused-ring (bicyclic) bond motifs is 1. The predicted octanol–water partition coefficient (Wildman–Crippen LogP) is 0.969. The molecule has 2 aliphatic heterocycles. The first-order valence-corrected chi connectivity index (χ1v) is 6.47. The van der Waals surface area contributed by atoms with Gasteiger partial charge in [0.15, 0.2) is 5.60 Å². The molecule has 2 fully saturated rings. The zero-order valence-corrected chi connectivity index (χ0v) is 12.4. The summed E-state index contributed by atoms with van der Waals surface area (Å²) >= 11 is 0. The lowest BCUT2D eigenvalue weighted by atomic mass is 10.1. The van der Waals surface area contributed by atoms with Crippen molar-refractivity contribution in [2.75, 3.05) is 26.2 Å². The number of alkyl halides is 2. The van der Waals surface area contributed by atoms with Crippen molar-refractivity contribution in [1.29, 1.82) is 0 Å². The Kier molecular flexibility index (Phi) is 5.34. The number of likely N-dealkylation sites (tertiary alicyclic amines) is 1. The minimum Gasteiger partial charge on any atom is -0.479 e. The van der Waals surface area contributed by atoms with Gasteiger partial charge < -0.3 is 15.2 Å². The number of carbonyl (C=O) groups is 1. The van der Waals surface area contributed by atoms with Crippen LogP contribution < -0.4 is 5.32 Å². The van der Waals surface area contributed by atoms with E-state index in [1.54, 1.807) is 4.90 Å². The van der Waals surface area contributed by atoms with Crippen LogP contribution in [0, 0.1) is 0 Å². The number of carboxylic acids is 1. The van der Waals surface area contributed by atoms with E-state index in [9.17, 15) is 13.6 Å². The van der Waals surface area contributed by atoms with E-state index in [1.165, 1.54) is 13.8 Å². The topological polar surface area (TPSA) is 61.8 Å². The summed E-state index contributed by atoms with van der Waals surface area (Å²) in [5.74, 6) is -3.77. The van der Waals surface area contributed by atoms with Crippen LogP contribution in [-0.4, -0.2) is 65.8 Å². The van der Waals surface area contributed by atoms with E-state index < -0.39 is 23.5 Å². The Hall–Kier alpha value is -0.500. The lowest BCUT2D eigenvalue weighted by molar-refractivity contribution is -0.162. The van der Waals surface area contributed by atoms with Gasteiger partial charge in [0.1, 0.15) is 0 Å². The van der Waals surface area contributed by atoms with Crippen LogP contribution in [0.5, 0.6) is 0 Å². The Balaban J connectivity index is 0.00000200. The molecule has 8 heteroatoms. The fraction of sp³-hybridized carbons (Fsp3) is 0.917. The number of hydrogen-bond acceptors (Lipinski definition) is 4. The van der Waals surface area contributed by atoms with Crippen molar-refractivity contribution in [2.45, 2.75) is 43.9 Å². The highest BCUT2D eigenvalue weighted by atomic mass is 35.5. The third-order valence-electron chi connectivity index (χ3n) is 3.89. The molecule has 0 spiro atoms. The number of rotatable bonds is 5. The van der Waals surface area contributed by atoms with Gasteiger partial charge in [-0.25, -0.2) is 13.6 Å². The molecule has 2 heterocycles. The number of hydrogen-bond donors (Lipinski definition) is 2. The Morgan fingerprint density at radius 1 is 1.55 bits per heavy atom. The maximum absolute atomic E-state index is 13.7. The summed E-state index contributed by atoms with van der Waals surface area (Å²) in [4.78, 5) is 12.6. The van der Waals surface area contributed by atoms with Crippen LogP contribution in [0.3, 0.4) is 0 Å². The van der Waals surface area contributed by atoms with Gasteiger partial charge in [0, 0.05) is 19.1 Å². The molecular weight excluding hydrogens is 294 g/mol. The lowest BCUT2D eigenvalue weighted by Crippen LogP contribution is -2.47. The molecule has 2 saturated heterocycles. The normalized spacial score (nSPS) is 29.0. The minimum absolute atomic E-state index is 0. The van der Waals surface area contributed by atoms with Gasteiger partial charge in [0.2, 0.25) is 0 Å². The first-order chi connectivity index (χ1) is 8.74. The van der Waals surface area contributed by atoms with Crippen molar-refractivity contribution >= 4 is 18.4 Å². The highest BCUT2D eigenvalue weighted by Crippen LogP contribution is 2.35. The average molecular weight is 315 g/mol. The summed E-state index contributed by atoms with van der Waals surface area (Å²) in [6.07, 6.45) is 0.697. The van der Waals surface area contributed by atoms with E-state index in [1.807, 2.05) is 0 Å². The summed E-state index contributed by atoms with van der Waals surface area (Å²) < 4.78 is 32.7. The standard InChI is InChI=1S/C12H20F2N2O3.ClH/c1-11(2,10(17)18)19-6-5-16-4-3-8-9(16)12(13,14)7-15-8;/h8-9,15H,3-7H2,1-2H3,(H,17,18);1H/t8-,9+;/m0./s1. The lowest BCUT2D eigenvalue weighted by Gasteiger charge is -2.29. The number of nitrogens with one attached hydrogen (secondary N) is 1. The van der Waals surface area contributed by atoms with Crippen molar-refractivity contribution in [3.05, 3.63) is 0 Å². The second-order valence-corrected chi connectivity index (χ2v) is 5.68. The molecular formula is C12H21ClF2N2O3. The van der Waals surface area contributed by atoms with Crippen molar-refractivity contribution in [3.8, 4) is 0 Å². The van der Waals surface area contributed by atoms with Crippen LogP contribution >= 0.6 is 12.4 Å². The van der Waals surface area contributed by atoms with Crippen molar-refractivity contribution < 1.29 is 23.4 Å². The third-order valence-corrected chi connectivity index (χ3v) is 3.89. The zero-order valence-electron chi connectivity index (χ0n) is 11.6. The second-order valence-electron chi connectivity index (χ2n) is 5.68. The van der Waals surface area contributed by atoms with Gasteiger partial charge in [0.25, 0.3) is 5.92 Å². The van der Waals surface area contributed by atoms with Crippen LogP contribution in [0.25, 0.3) is 0 Å². The van der Waals surface area contributed by atoms with Gasteiger partial charge in [-0.05, 0) is 20.3 Å². The molecule has 2 rings (SSSR count). The Morgan fingerprint density at radius 2 is 2.20 bits per heavy atom. The van der Waals surface area contributed by atoms with Gasteiger partial charge in [0.05, 0.1) is 19.2 Å². The molecule has 2 N–H and O–H groups in total. The number of halogens is 3. The smallest absolute Gasteiger partial charge is 0.335 e. The molecule has 118 valence electrons. The Morgan fingerprint density at radius 3 is 2.80 bits per heavy atom. The summed E-state index contributed by atoms with van der Waals surface area (Å²) in [5, 5.41) is 11.7. The minimum atomic E-state index is -2.72. The molecule has 0 aromatic carbocycles. The maximum atomic E-state index is 13.7. The first-order valence-electron chi connectivity index (χ1n) is 6.47. The van der Waals surface area contributed by atoms with Crippen LogP contribution in [0.15, 0.2) is 0 Å². The SMILES string of the molecule is CC(C)(OCCN1CC[C@@H]2NCC(F)(F)[C@@H]21)C(=O)O.Cl. The highest BCUT2D eigenvalue weighted by Gasteiger charge is 2.55. The fourth-order valence-corrected chi connectivity index (χ4v) is 2.73. The molecule has 0 amide bonds. The number of aliphatic carboxylic acids is 1. The Labute approximate surface area is 123 Å².